The van der Waals surface area contributed by atoms with Gasteiger partial charge in [-0.1, -0.05) is 24.3 Å². The highest BCUT2D eigenvalue weighted by Gasteiger charge is 2.19. The molecule has 1 aromatic rings. The molecule has 10 nitrogen and oxygen atoms in total. The molecule has 1 amide bonds. The molecule has 0 saturated carbocycles. The minimum absolute atomic E-state index is 0.0238. The largest absolute Gasteiger partial charge is 0.444 e. The fourth-order valence-corrected chi connectivity index (χ4v) is 3.27. The Bertz CT molecular complexity index is 722. The van der Waals surface area contributed by atoms with E-state index < -0.39 is 11.7 Å². The number of hydrogen-bond acceptors (Lipinski definition) is 9. The van der Waals surface area contributed by atoms with Crippen LogP contribution in [-0.2, 0) is 46.2 Å². The van der Waals surface area contributed by atoms with E-state index in [-0.39, 0.29) is 12.6 Å². The molecule has 0 saturated heterocycles. The molecule has 0 bridgehead atoms. The van der Waals surface area contributed by atoms with E-state index in [1.165, 1.54) is 5.56 Å². The van der Waals surface area contributed by atoms with Gasteiger partial charge in [0.15, 0.2) is 0 Å². The highest BCUT2D eigenvalue weighted by molar-refractivity contribution is 5.68. The smallest absolute Gasteiger partial charge is 0.407 e. The summed E-state index contributed by atoms with van der Waals surface area (Å²) in [5.41, 5.74) is 1.68. The van der Waals surface area contributed by atoms with Gasteiger partial charge in [-0.2, -0.15) is 0 Å². The van der Waals surface area contributed by atoms with Crippen LogP contribution in [0.15, 0.2) is 24.3 Å². The number of carbonyl (C=O) groups is 2. The predicted octanol–water partition coefficient (Wildman–Crippen LogP) is 3.07. The molecule has 0 aliphatic heterocycles. The number of hydrogen-bond donors (Lipinski definition) is 2. The van der Waals surface area contributed by atoms with Gasteiger partial charge in [-0.3, -0.25) is 0 Å². The maximum atomic E-state index is 12.0. The Labute approximate surface area is 227 Å². The van der Waals surface area contributed by atoms with Gasteiger partial charge in [-0.05, 0) is 51.2 Å². The lowest BCUT2D eigenvalue weighted by atomic mass is 10.1. The van der Waals surface area contributed by atoms with E-state index in [1.54, 1.807) is 20.8 Å². The van der Waals surface area contributed by atoms with Crippen LogP contribution in [0.5, 0.6) is 0 Å². The van der Waals surface area contributed by atoms with Crippen molar-refractivity contribution in [3.63, 3.8) is 0 Å². The number of aryl methyl sites for hydroxylation is 1. The summed E-state index contributed by atoms with van der Waals surface area (Å²) in [6, 6.07) is 7.94. The normalized spacial score (nSPS) is 12.3. The van der Waals surface area contributed by atoms with Crippen LogP contribution in [0.25, 0.3) is 0 Å². The van der Waals surface area contributed by atoms with Gasteiger partial charge < -0.3 is 43.6 Å². The Morgan fingerprint density at radius 1 is 0.868 bits per heavy atom. The molecule has 0 radical (unpaired) electrons. The summed E-state index contributed by atoms with van der Waals surface area (Å²) < 4.78 is 32.6. The second-order valence-electron chi connectivity index (χ2n) is 9.70. The van der Waals surface area contributed by atoms with Crippen molar-refractivity contribution in [2.45, 2.75) is 64.7 Å². The molecule has 0 heterocycles. The molecule has 38 heavy (non-hydrogen) atoms. The van der Waals surface area contributed by atoms with E-state index in [0.29, 0.717) is 78.9 Å². The number of aldehydes is 1. The van der Waals surface area contributed by atoms with Crippen LogP contribution in [0.2, 0.25) is 0 Å². The van der Waals surface area contributed by atoms with Gasteiger partial charge in [0.1, 0.15) is 11.9 Å². The number of rotatable bonds is 23. The second kappa shape index (κ2) is 21.8. The summed E-state index contributed by atoms with van der Waals surface area (Å²) >= 11 is 0. The molecule has 0 fully saturated rings. The first-order valence-corrected chi connectivity index (χ1v) is 13.3. The Morgan fingerprint density at radius 2 is 1.42 bits per heavy atom. The predicted molar refractivity (Wildman–Crippen MR) is 143 cm³/mol. The Balaban J connectivity index is 2.12. The lowest BCUT2D eigenvalue weighted by Gasteiger charge is -2.23. The second-order valence-corrected chi connectivity index (χ2v) is 9.70. The quantitative estimate of drug-likeness (QED) is 0.159. The van der Waals surface area contributed by atoms with Gasteiger partial charge in [-0.15, -0.1) is 0 Å². The van der Waals surface area contributed by atoms with Crippen LogP contribution in [-0.4, -0.2) is 95.2 Å². The van der Waals surface area contributed by atoms with Gasteiger partial charge in [0.2, 0.25) is 0 Å². The molecule has 0 spiro atoms. The molecule has 1 aromatic carbocycles. The minimum atomic E-state index is -0.587. The van der Waals surface area contributed by atoms with Gasteiger partial charge in [0, 0.05) is 13.0 Å². The number of nitrogens with one attached hydrogen (secondary N) is 1. The first-order chi connectivity index (χ1) is 18.3. The van der Waals surface area contributed by atoms with Crippen molar-refractivity contribution in [3.05, 3.63) is 35.4 Å². The minimum Gasteiger partial charge on any atom is -0.444 e. The van der Waals surface area contributed by atoms with E-state index >= 15 is 0 Å². The number of carbonyl (C=O) groups excluding carboxylic acids is 2. The van der Waals surface area contributed by atoms with Gasteiger partial charge >= 0.3 is 6.09 Å². The standard InChI is InChI=1S/C28H47NO9/c1-28(2,3)38-27(32)29-26(7-4-12-30)23-37-22-25-10-8-24(9-11-25)6-5-14-33-16-18-35-20-21-36-19-17-34-15-13-31/h8-12,26,31H,4-7,13-23H2,1-3H3,(H,29,32). The molecule has 1 unspecified atom stereocenters. The van der Waals surface area contributed by atoms with Crippen LogP contribution >= 0.6 is 0 Å². The molecule has 1 atom stereocenters. The first kappa shape index (κ1) is 33.9. The summed E-state index contributed by atoms with van der Waals surface area (Å²) in [7, 11) is 0. The lowest BCUT2D eigenvalue weighted by molar-refractivity contribution is -0.108. The monoisotopic (exact) mass is 541 g/mol. The van der Waals surface area contributed by atoms with Crippen LogP contribution in [0.3, 0.4) is 0 Å². The van der Waals surface area contributed by atoms with Crippen molar-refractivity contribution in [1.82, 2.24) is 5.32 Å². The van der Waals surface area contributed by atoms with E-state index in [0.717, 1.165) is 24.7 Å². The van der Waals surface area contributed by atoms with Crippen LogP contribution in [0, 0.1) is 0 Å². The Morgan fingerprint density at radius 3 is 1.97 bits per heavy atom. The molecular weight excluding hydrogens is 494 g/mol. The third kappa shape index (κ3) is 20.0. The van der Waals surface area contributed by atoms with Crippen LogP contribution in [0.4, 0.5) is 4.79 Å². The molecule has 2 N–H and O–H groups in total. The number of ether oxygens (including phenoxy) is 6. The number of aliphatic hydroxyl groups excluding tert-OH is 1. The first-order valence-electron chi connectivity index (χ1n) is 13.3. The molecule has 0 aliphatic carbocycles. The van der Waals surface area contributed by atoms with Crippen molar-refractivity contribution < 1.29 is 43.1 Å². The Kier molecular flexibility index (Phi) is 19.5. The maximum absolute atomic E-state index is 12.0. The van der Waals surface area contributed by atoms with Gasteiger partial charge in [0.05, 0.1) is 72.1 Å². The lowest BCUT2D eigenvalue weighted by Crippen LogP contribution is -2.41. The van der Waals surface area contributed by atoms with Crippen molar-refractivity contribution in [1.29, 1.82) is 0 Å². The van der Waals surface area contributed by atoms with Crippen molar-refractivity contribution in [2.24, 2.45) is 0 Å². The summed E-state index contributed by atoms with van der Waals surface area (Å²) in [5.74, 6) is 0. The molecular formula is C28H47NO9. The fourth-order valence-electron chi connectivity index (χ4n) is 3.27. The molecule has 0 aliphatic rings. The summed E-state index contributed by atoms with van der Waals surface area (Å²) in [6.07, 6.45) is 2.99. The average Bonchev–Trinajstić information content (AvgIpc) is 2.87. The van der Waals surface area contributed by atoms with Crippen molar-refractivity contribution in [3.8, 4) is 0 Å². The number of benzene rings is 1. The van der Waals surface area contributed by atoms with E-state index in [9.17, 15) is 9.59 Å². The SMILES string of the molecule is CC(C)(C)OC(=O)NC(CCC=O)COCc1ccc(CCCOCCOCCOCCOCCO)cc1. The van der Waals surface area contributed by atoms with Crippen molar-refractivity contribution in [2.75, 3.05) is 66.1 Å². The topological polar surface area (TPSA) is 122 Å². The number of aliphatic hydroxyl groups is 1. The van der Waals surface area contributed by atoms with Crippen LogP contribution in [0.1, 0.15) is 51.2 Å². The fraction of sp³-hybridized carbons (Fsp3) is 0.714. The Hall–Kier alpha value is -2.08. The average molecular weight is 542 g/mol. The summed E-state index contributed by atoms with van der Waals surface area (Å²) in [6.45, 7) is 10.2. The summed E-state index contributed by atoms with van der Waals surface area (Å²) in [5, 5.41) is 11.4. The molecule has 0 aromatic heterocycles. The highest BCUT2D eigenvalue weighted by atomic mass is 16.6. The zero-order chi connectivity index (χ0) is 27.9. The third-order valence-corrected chi connectivity index (χ3v) is 5.07. The molecule has 1 rings (SSSR count). The number of alkyl carbamates (subject to hydrolysis) is 1. The van der Waals surface area contributed by atoms with Gasteiger partial charge in [0.25, 0.3) is 0 Å². The van der Waals surface area contributed by atoms with E-state index in [2.05, 4.69) is 17.4 Å². The molecule has 10 heteroatoms. The third-order valence-electron chi connectivity index (χ3n) is 5.07. The summed E-state index contributed by atoms with van der Waals surface area (Å²) in [4.78, 5) is 22.8. The zero-order valence-electron chi connectivity index (χ0n) is 23.3. The van der Waals surface area contributed by atoms with Crippen LogP contribution < -0.4 is 5.32 Å². The van der Waals surface area contributed by atoms with E-state index in [4.69, 9.17) is 33.5 Å². The highest BCUT2D eigenvalue weighted by Crippen LogP contribution is 2.10. The van der Waals surface area contributed by atoms with Gasteiger partial charge in [-0.25, -0.2) is 4.79 Å². The van der Waals surface area contributed by atoms with E-state index in [1.807, 2.05) is 12.1 Å². The number of amides is 1. The molecule has 218 valence electrons. The maximum Gasteiger partial charge on any atom is 0.407 e. The van der Waals surface area contributed by atoms with Crippen molar-refractivity contribution >= 4 is 12.4 Å². The zero-order valence-corrected chi connectivity index (χ0v) is 23.3.